The molecule has 0 saturated carbocycles. The highest BCUT2D eigenvalue weighted by atomic mass is 19.4. The van der Waals surface area contributed by atoms with Crippen LogP contribution in [-0.2, 0) is 9.59 Å². The molecule has 0 radical (unpaired) electrons. The van der Waals surface area contributed by atoms with Crippen LogP contribution in [0.5, 0.6) is 11.5 Å². The zero-order valence-electron chi connectivity index (χ0n) is 13.6. The number of anilines is 2. The van der Waals surface area contributed by atoms with Crippen molar-refractivity contribution in [3.05, 3.63) is 48.5 Å². The average Bonchev–Trinajstić information content (AvgIpc) is 2.54. The molecule has 2 aromatic rings. The van der Waals surface area contributed by atoms with Gasteiger partial charge >= 0.3 is 6.36 Å². The van der Waals surface area contributed by atoms with E-state index in [1.54, 1.807) is 24.3 Å². The summed E-state index contributed by atoms with van der Waals surface area (Å²) in [5.74, 6) is -0.887. The molecule has 0 heterocycles. The Morgan fingerprint density at radius 3 is 2.27 bits per heavy atom. The summed E-state index contributed by atoms with van der Waals surface area (Å²) in [6, 6.07) is 11.3. The monoisotopic (exact) mass is 368 g/mol. The van der Waals surface area contributed by atoms with Gasteiger partial charge in [-0.3, -0.25) is 9.59 Å². The van der Waals surface area contributed by atoms with Gasteiger partial charge in [0.15, 0.2) is 6.61 Å². The van der Waals surface area contributed by atoms with Gasteiger partial charge in [0.05, 0.1) is 5.69 Å². The second-order valence-electron chi connectivity index (χ2n) is 5.09. The summed E-state index contributed by atoms with van der Waals surface area (Å²) in [6.45, 7) is 0.993. The minimum atomic E-state index is -4.78. The van der Waals surface area contributed by atoms with Crippen LogP contribution in [0, 0.1) is 0 Å². The standard InChI is InChI=1S/C17H15F3N2O4/c1-11(23)21-14-4-2-3-5-15(14)25-10-16(24)22-12-6-8-13(9-7-12)26-17(18,19)20/h2-9H,10H2,1H3,(H,21,23)(H,22,24). The number of rotatable bonds is 6. The molecular weight excluding hydrogens is 353 g/mol. The number of para-hydroxylation sites is 2. The number of hydrogen-bond acceptors (Lipinski definition) is 4. The summed E-state index contributed by atoms with van der Waals surface area (Å²) < 4.78 is 45.4. The van der Waals surface area contributed by atoms with Crippen LogP contribution in [0.3, 0.4) is 0 Å². The lowest BCUT2D eigenvalue weighted by atomic mass is 10.3. The van der Waals surface area contributed by atoms with E-state index in [-0.39, 0.29) is 18.2 Å². The van der Waals surface area contributed by atoms with E-state index < -0.39 is 18.0 Å². The third kappa shape index (κ3) is 6.34. The van der Waals surface area contributed by atoms with Crippen LogP contribution in [0.2, 0.25) is 0 Å². The number of nitrogens with one attached hydrogen (secondary N) is 2. The number of ether oxygens (including phenoxy) is 2. The van der Waals surface area contributed by atoms with Gasteiger partial charge in [0.25, 0.3) is 5.91 Å². The van der Waals surface area contributed by atoms with E-state index in [2.05, 4.69) is 15.4 Å². The quantitative estimate of drug-likeness (QED) is 0.817. The average molecular weight is 368 g/mol. The Balaban J connectivity index is 1.90. The number of halogens is 3. The van der Waals surface area contributed by atoms with Crippen molar-refractivity contribution in [2.45, 2.75) is 13.3 Å². The van der Waals surface area contributed by atoms with Crippen LogP contribution in [0.1, 0.15) is 6.92 Å². The minimum absolute atomic E-state index is 0.281. The molecule has 0 spiro atoms. The maximum atomic E-state index is 12.1. The smallest absolute Gasteiger partial charge is 0.482 e. The number of amides is 2. The van der Waals surface area contributed by atoms with E-state index in [1.165, 1.54) is 19.1 Å². The SMILES string of the molecule is CC(=O)Nc1ccccc1OCC(=O)Nc1ccc(OC(F)(F)F)cc1. The largest absolute Gasteiger partial charge is 0.573 e. The molecular formula is C17H15F3N2O4. The third-order valence-electron chi connectivity index (χ3n) is 2.93. The van der Waals surface area contributed by atoms with Crippen molar-refractivity contribution in [1.82, 2.24) is 0 Å². The molecule has 2 N–H and O–H groups in total. The molecule has 2 aromatic carbocycles. The van der Waals surface area contributed by atoms with Crippen molar-refractivity contribution in [2.75, 3.05) is 17.2 Å². The van der Waals surface area contributed by atoms with Crippen molar-refractivity contribution >= 4 is 23.2 Å². The van der Waals surface area contributed by atoms with Gasteiger partial charge in [-0.2, -0.15) is 0 Å². The third-order valence-corrected chi connectivity index (χ3v) is 2.93. The number of carbonyl (C=O) groups excluding carboxylic acids is 2. The maximum Gasteiger partial charge on any atom is 0.573 e. The number of alkyl halides is 3. The summed E-state index contributed by atoms with van der Waals surface area (Å²) in [4.78, 5) is 23.0. The van der Waals surface area contributed by atoms with Gasteiger partial charge < -0.3 is 20.1 Å². The first kappa shape index (κ1) is 19.1. The Bertz CT molecular complexity index is 776. The highest BCUT2D eigenvalue weighted by molar-refractivity contribution is 5.92. The zero-order chi connectivity index (χ0) is 19.2. The van der Waals surface area contributed by atoms with E-state index in [9.17, 15) is 22.8 Å². The molecule has 9 heteroatoms. The van der Waals surface area contributed by atoms with Gasteiger partial charge in [-0.25, -0.2) is 0 Å². The number of hydrogen-bond donors (Lipinski definition) is 2. The molecule has 26 heavy (non-hydrogen) atoms. The van der Waals surface area contributed by atoms with Gasteiger partial charge in [-0.15, -0.1) is 13.2 Å². The highest BCUT2D eigenvalue weighted by Gasteiger charge is 2.30. The molecule has 0 aliphatic heterocycles. The van der Waals surface area contributed by atoms with Crippen LogP contribution in [-0.4, -0.2) is 24.8 Å². The van der Waals surface area contributed by atoms with Crippen molar-refractivity contribution in [3.8, 4) is 11.5 Å². The predicted molar refractivity (Wildman–Crippen MR) is 88.0 cm³/mol. The molecule has 2 rings (SSSR count). The van der Waals surface area contributed by atoms with Gasteiger partial charge in [0.2, 0.25) is 5.91 Å². The Morgan fingerprint density at radius 1 is 1.00 bits per heavy atom. The van der Waals surface area contributed by atoms with E-state index in [1.807, 2.05) is 0 Å². The van der Waals surface area contributed by atoms with Crippen LogP contribution in [0.4, 0.5) is 24.5 Å². The first-order chi connectivity index (χ1) is 12.2. The second kappa shape index (κ2) is 8.24. The van der Waals surface area contributed by atoms with Gasteiger partial charge in [0, 0.05) is 12.6 Å². The lowest BCUT2D eigenvalue weighted by molar-refractivity contribution is -0.274. The molecule has 0 fully saturated rings. The Morgan fingerprint density at radius 2 is 1.65 bits per heavy atom. The minimum Gasteiger partial charge on any atom is -0.482 e. The summed E-state index contributed by atoms with van der Waals surface area (Å²) in [5.41, 5.74) is 0.699. The van der Waals surface area contributed by atoms with Crippen molar-refractivity contribution in [2.24, 2.45) is 0 Å². The molecule has 138 valence electrons. The predicted octanol–water partition coefficient (Wildman–Crippen LogP) is 3.56. The Kier molecular flexibility index (Phi) is 6.05. The van der Waals surface area contributed by atoms with Gasteiger partial charge in [-0.05, 0) is 36.4 Å². The van der Waals surface area contributed by atoms with Crippen LogP contribution in [0.15, 0.2) is 48.5 Å². The van der Waals surface area contributed by atoms with Crippen LogP contribution >= 0.6 is 0 Å². The first-order valence-corrected chi connectivity index (χ1v) is 7.38. The first-order valence-electron chi connectivity index (χ1n) is 7.38. The second-order valence-corrected chi connectivity index (χ2v) is 5.09. The van der Waals surface area contributed by atoms with E-state index in [0.717, 1.165) is 12.1 Å². The van der Waals surface area contributed by atoms with Crippen molar-refractivity contribution < 1.29 is 32.2 Å². The molecule has 0 bridgehead atoms. The zero-order valence-corrected chi connectivity index (χ0v) is 13.6. The van der Waals surface area contributed by atoms with Gasteiger partial charge in [0.1, 0.15) is 11.5 Å². The lowest BCUT2D eigenvalue weighted by Crippen LogP contribution is -2.21. The van der Waals surface area contributed by atoms with E-state index in [0.29, 0.717) is 11.4 Å². The maximum absolute atomic E-state index is 12.1. The fourth-order valence-electron chi connectivity index (χ4n) is 1.97. The summed E-state index contributed by atoms with van der Waals surface area (Å²) in [7, 11) is 0. The van der Waals surface area contributed by atoms with Crippen molar-refractivity contribution in [3.63, 3.8) is 0 Å². The van der Waals surface area contributed by atoms with E-state index >= 15 is 0 Å². The summed E-state index contributed by atoms with van der Waals surface area (Å²) >= 11 is 0. The fraction of sp³-hybridized carbons (Fsp3) is 0.176. The Labute approximate surface area is 146 Å². The van der Waals surface area contributed by atoms with E-state index in [4.69, 9.17) is 4.74 Å². The molecule has 0 unspecified atom stereocenters. The molecule has 0 aliphatic rings. The molecule has 6 nitrogen and oxygen atoms in total. The summed E-state index contributed by atoms with van der Waals surface area (Å²) in [5, 5.41) is 5.04. The van der Waals surface area contributed by atoms with Crippen LogP contribution < -0.4 is 20.1 Å². The fourth-order valence-corrected chi connectivity index (χ4v) is 1.97. The van der Waals surface area contributed by atoms with Gasteiger partial charge in [-0.1, -0.05) is 12.1 Å². The molecule has 0 atom stereocenters. The molecule has 2 amide bonds. The number of carbonyl (C=O) groups is 2. The highest BCUT2D eigenvalue weighted by Crippen LogP contribution is 2.25. The lowest BCUT2D eigenvalue weighted by Gasteiger charge is -2.12. The van der Waals surface area contributed by atoms with Crippen molar-refractivity contribution in [1.29, 1.82) is 0 Å². The summed E-state index contributed by atoms with van der Waals surface area (Å²) in [6.07, 6.45) is -4.78. The topological polar surface area (TPSA) is 76.7 Å². The normalized spacial score (nSPS) is 10.8. The molecule has 0 aromatic heterocycles. The van der Waals surface area contributed by atoms with Crippen LogP contribution in [0.25, 0.3) is 0 Å². The molecule has 0 saturated heterocycles. The Hall–Kier alpha value is -3.23. The number of benzene rings is 2. The molecule has 0 aliphatic carbocycles.